The van der Waals surface area contributed by atoms with Gasteiger partial charge in [0.05, 0.1) is 18.4 Å². The Kier molecular flexibility index (Phi) is 7.00. The van der Waals surface area contributed by atoms with Crippen LogP contribution in [0.15, 0.2) is 77.4 Å². The summed E-state index contributed by atoms with van der Waals surface area (Å²) in [4.78, 5) is 37.3. The van der Waals surface area contributed by atoms with Crippen LogP contribution in [0, 0.1) is 0 Å². The molecule has 0 radical (unpaired) electrons. The first kappa shape index (κ1) is 20.9. The first-order chi connectivity index (χ1) is 14.6. The molecule has 1 atom stereocenters. The number of carbonyl (C=O) groups excluding carboxylic acids is 3. The summed E-state index contributed by atoms with van der Waals surface area (Å²) < 4.78 is 10.1. The zero-order valence-corrected chi connectivity index (χ0v) is 16.5. The van der Waals surface area contributed by atoms with Gasteiger partial charge in [0.2, 0.25) is 5.91 Å². The fraction of sp³-hybridized carbons (Fsp3) is 0.174. The number of esters is 1. The van der Waals surface area contributed by atoms with Crippen molar-refractivity contribution in [3.05, 3.63) is 89.9 Å². The van der Waals surface area contributed by atoms with Crippen molar-refractivity contribution < 1.29 is 23.5 Å². The number of nitrogens with one attached hydrogen (secondary N) is 2. The summed E-state index contributed by atoms with van der Waals surface area (Å²) in [5.74, 6) is -1.26. The van der Waals surface area contributed by atoms with E-state index in [4.69, 9.17) is 9.15 Å². The smallest absolute Gasteiger partial charge is 0.338 e. The van der Waals surface area contributed by atoms with Gasteiger partial charge < -0.3 is 19.8 Å². The van der Waals surface area contributed by atoms with E-state index in [0.29, 0.717) is 11.3 Å². The van der Waals surface area contributed by atoms with Gasteiger partial charge in [-0.05, 0) is 42.8 Å². The lowest BCUT2D eigenvalue weighted by atomic mass is 10.0. The molecule has 7 heteroatoms. The lowest BCUT2D eigenvalue weighted by Crippen LogP contribution is -2.45. The summed E-state index contributed by atoms with van der Waals surface area (Å²) in [5, 5.41) is 5.47. The molecule has 154 valence electrons. The highest BCUT2D eigenvalue weighted by Crippen LogP contribution is 2.14. The van der Waals surface area contributed by atoms with Crippen molar-refractivity contribution in [2.24, 2.45) is 0 Å². The van der Waals surface area contributed by atoms with Crippen molar-refractivity contribution in [2.75, 3.05) is 11.9 Å². The molecule has 3 aromatic rings. The Morgan fingerprint density at radius 2 is 1.80 bits per heavy atom. The SMILES string of the molecule is CCOC(=O)c1cccc(NC(=O)C(Cc2ccccc2)NC(=O)c2ccco2)c1. The number of rotatable bonds is 8. The van der Waals surface area contributed by atoms with Crippen molar-refractivity contribution in [1.82, 2.24) is 5.32 Å². The van der Waals surface area contributed by atoms with Crippen LogP contribution in [-0.2, 0) is 16.0 Å². The van der Waals surface area contributed by atoms with E-state index in [1.807, 2.05) is 30.3 Å². The largest absolute Gasteiger partial charge is 0.462 e. The molecule has 2 aromatic carbocycles. The van der Waals surface area contributed by atoms with E-state index in [1.54, 1.807) is 31.2 Å². The van der Waals surface area contributed by atoms with E-state index in [0.717, 1.165) is 5.56 Å². The van der Waals surface area contributed by atoms with Gasteiger partial charge in [0.15, 0.2) is 5.76 Å². The van der Waals surface area contributed by atoms with Gasteiger partial charge in [-0.25, -0.2) is 4.79 Å². The van der Waals surface area contributed by atoms with Crippen LogP contribution in [0.5, 0.6) is 0 Å². The van der Waals surface area contributed by atoms with Crippen molar-refractivity contribution in [2.45, 2.75) is 19.4 Å². The Hall–Kier alpha value is -3.87. The first-order valence-electron chi connectivity index (χ1n) is 9.53. The quantitative estimate of drug-likeness (QED) is 0.559. The number of carbonyl (C=O) groups is 3. The first-order valence-corrected chi connectivity index (χ1v) is 9.53. The van der Waals surface area contributed by atoms with Gasteiger partial charge in [-0.15, -0.1) is 0 Å². The summed E-state index contributed by atoms with van der Waals surface area (Å²) in [6.07, 6.45) is 1.68. The molecule has 30 heavy (non-hydrogen) atoms. The Morgan fingerprint density at radius 1 is 1.00 bits per heavy atom. The molecule has 0 aliphatic carbocycles. The predicted octanol–water partition coefficient (Wildman–Crippen LogP) is 3.44. The number of hydrogen-bond acceptors (Lipinski definition) is 5. The van der Waals surface area contributed by atoms with Gasteiger partial charge in [-0.1, -0.05) is 36.4 Å². The number of hydrogen-bond donors (Lipinski definition) is 2. The zero-order chi connectivity index (χ0) is 21.3. The maximum atomic E-state index is 13.0. The second kappa shape index (κ2) is 10.1. The van der Waals surface area contributed by atoms with Crippen LogP contribution >= 0.6 is 0 Å². The average molecular weight is 406 g/mol. The molecule has 0 fully saturated rings. The van der Waals surface area contributed by atoms with Gasteiger partial charge in [0.1, 0.15) is 6.04 Å². The van der Waals surface area contributed by atoms with Crippen LogP contribution in [0.25, 0.3) is 0 Å². The summed E-state index contributed by atoms with van der Waals surface area (Å²) in [6, 6.07) is 18.1. The molecule has 0 spiro atoms. The fourth-order valence-corrected chi connectivity index (χ4v) is 2.86. The van der Waals surface area contributed by atoms with Gasteiger partial charge in [0, 0.05) is 12.1 Å². The fourth-order valence-electron chi connectivity index (χ4n) is 2.86. The minimum Gasteiger partial charge on any atom is -0.462 e. The third-order valence-electron chi connectivity index (χ3n) is 4.29. The highest BCUT2D eigenvalue weighted by Gasteiger charge is 2.23. The Labute approximate surface area is 174 Å². The molecule has 2 N–H and O–H groups in total. The van der Waals surface area contributed by atoms with E-state index < -0.39 is 23.8 Å². The predicted molar refractivity (Wildman–Crippen MR) is 111 cm³/mol. The van der Waals surface area contributed by atoms with Crippen LogP contribution in [0.4, 0.5) is 5.69 Å². The van der Waals surface area contributed by atoms with E-state index in [1.165, 1.54) is 18.4 Å². The van der Waals surface area contributed by atoms with Gasteiger partial charge in [0.25, 0.3) is 5.91 Å². The van der Waals surface area contributed by atoms with Crippen molar-refractivity contribution in [3.63, 3.8) is 0 Å². The van der Waals surface area contributed by atoms with Gasteiger partial charge in [-0.2, -0.15) is 0 Å². The molecule has 1 unspecified atom stereocenters. The van der Waals surface area contributed by atoms with Crippen LogP contribution in [-0.4, -0.2) is 30.4 Å². The summed E-state index contributed by atoms with van der Waals surface area (Å²) in [6.45, 7) is 1.98. The van der Waals surface area contributed by atoms with Crippen LogP contribution in [0.1, 0.15) is 33.4 Å². The molecule has 0 aliphatic rings. The molecule has 3 rings (SSSR count). The Balaban J connectivity index is 1.76. The average Bonchev–Trinajstić information content (AvgIpc) is 3.29. The van der Waals surface area contributed by atoms with Crippen molar-refractivity contribution in [3.8, 4) is 0 Å². The van der Waals surface area contributed by atoms with Crippen LogP contribution in [0.3, 0.4) is 0 Å². The zero-order valence-electron chi connectivity index (χ0n) is 16.5. The van der Waals surface area contributed by atoms with Crippen LogP contribution in [0.2, 0.25) is 0 Å². The molecule has 0 saturated carbocycles. The molecular formula is C23H22N2O5. The summed E-state index contributed by atoms with van der Waals surface area (Å²) in [7, 11) is 0. The second-order valence-electron chi connectivity index (χ2n) is 6.48. The molecule has 0 bridgehead atoms. The third kappa shape index (κ3) is 5.57. The normalized spacial score (nSPS) is 11.4. The molecule has 0 aliphatic heterocycles. The minimum atomic E-state index is -0.851. The number of furan rings is 1. The lowest BCUT2D eigenvalue weighted by Gasteiger charge is -2.18. The number of amides is 2. The lowest BCUT2D eigenvalue weighted by molar-refractivity contribution is -0.118. The minimum absolute atomic E-state index is 0.116. The highest BCUT2D eigenvalue weighted by molar-refractivity contribution is 6.01. The molecule has 0 saturated heterocycles. The number of benzene rings is 2. The Morgan fingerprint density at radius 3 is 2.50 bits per heavy atom. The molecule has 1 heterocycles. The van der Waals surface area contributed by atoms with E-state index in [9.17, 15) is 14.4 Å². The number of anilines is 1. The van der Waals surface area contributed by atoms with E-state index in [2.05, 4.69) is 10.6 Å². The third-order valence-corrected chi connectivity index (χ3v) is 4.29. The molecule has 2 amide bonds. The topological polar surface area (TPSA) is 97.6 Å². The Bertz CT molecular complexity index is 999. The van der Waals surface area contributed by atoms with Gasteiger partial charge >= 0.3 is 5.97 Å². The maximum Gasteiger partial charge on any atom is 0.338 e. The molecule has 7 nitrogen and oxygen atoms in total. The van der Waals surface area contributed by atoms with Crippen molar-refractivity contribution >= 4 is 23.5 Å². The highest BCUT2D eigenvalue weighted by atomic mass is 16.5. The monoisotopic (exact) mass is 406 g/mol. The number of ether oxygens (including phenoxy) is 1. The maximum absolute atomic E-state index is 13.0. The van der Waals surface area contributed by atoms with Crippen molar-refractivity contribution in [1.29, 1.82) is 0 Å². The summed E-state index contributed by atoms with van der Waals surface area (Å²) in [5.41, 5.74) is 1.64. The van der Waals surface area contributed by atoms with Gasteiger partial charge in [-0.3, -0.25) is 9.59 Å². The summed E-state index contributed by atoms with van der Waals surface area (Å²) >= 11 is 0. The van der Waals surface area contributed by atoms with E-state index >= 15 is 0 Å². The second-order valence-corrected chi connectivity index (χ2v) is 6.48. The van der Waals surface area contributed by atoms with Crippen LogP contribution < -0.4 is 10.6 Å². The molecular weight excluding hydrogens is 384 g/mol. The standard InChI is InChI=1S/C23H22N2O5/c1-2-29-23(28)17-10-6-11-18(15-17)24-21(26)19(14-16-8-4-3-5-9-16)25-22(27)20-12-7-13-30-20/h3-13,15,19H,2,14H2,1H3,(H,24,26)(H,25,27). The van der Waals surface area contributed by atoms with E-state index in [-0.39, 0.29) is 18.8 Å². The molecule has 1 aromatic heterocycles.